The van der Waals surface area contributed by atoms with Crippen molar-refractivity contribution in [3.8, 4) is 0 Å². The van der Waals surface area contributed by atoms with Crippen molar-refractivity contribution in [2.45, 2.75) is 38.4 Å². The summed E-state index contributed by atoms with van der Waals surface area (Å²) < 4.78 is 0. The Morgan fingerprint density at radius 2 is 2.09 bits per heavy atom. The zero-order valence-corrected chi connectivity index (χ0v) is 8.40. The molecule has 0 radical (unpaired) electrons. The first kappa shape index (κ1) is 9.18. The van der Waals surface area contributed by atoms with Gasteiger partial charge in [0.05, 0.1) is 0 Å². The van der Waals surface area contributed by atoms with Gasteiger partial charge in [-0.2, -0.15) is 12.6 Å². The van der Waals surface area contributed by atoms with Gasteiger partial charge in [-0.05, 0) is 31.6 Å². The molecule has 0 bridgehead atoms. The van der Waals surface area contributed by atoms with E-state index < -0.39 is 0 Å². The van der Waals surface area contributed by atoms with Crippen LogP contribution in [0.15, 0.2) is 12.2 Å². The standard InChI is InChI=1S/C10H18S/c1-7(2)9-5-4-8(3)6-10(9)11/h8-11H,1,4-6H2,2-3H3/t8?,9-,10?/m0/s1. The molecule has 1 aliphatic carbocycles. The summed E-state index contributed by atoms with van der Waals surface area (Å²) in [5, 5.41) is 0.566. The molecule has 1 fully saturated rings. The average Bonchev–Trinajstić information content (AvgIpc) is 1.85. The molecule has 0 amide bonds. The van der Waals surface area contributed by atoms with Crippen LogP contribution < -0.4 is 0 Å². The predicted octanol–water partition coefficient (Wildman–Crippen LogP) is 3.30. The van der Waals surface area contributed by atoms with Crippen LogP contribution in [-0.4, -0.2) is 5.25 Å². The fourth-order valence-electron chi connectivity index (χ4n) is 1.93. The Kier molecular flexibility index (Phi) is 3.06. The molecule has 1 saturated carbocycles. The molecule has 0 nitrogen and oxygen atoms in total. The van der Waals surface area contributed by atoms with Gasteiger partial charge < -0.3 is 0 Å². The third-order valence-electron chi connectivity index (χ3n) is 2.71. The van der Waals surface area contributed by atoms with E-state index in [9.17, 15) is 0 Å². The largest absolute Gasteiger partial charge is 0.175 e. The number of hydrogen-bond acceptors (Lipinski definition) is 1. The van der Waals surface area contributed by atoms with Crippen LogP contribution in [0.4, 0.5) is 0 Å². The average molecular weight is 170 g/mol. The smallest absolute Gasteiger partial charge is 0.00846 e. The first-order valence-corrected chi connectivity index (χ1v) is 4.96. The number of rotatable bonds is 1. The van der Waals surface area contributed by atoms with E-state index in [4.69, 9.17) is 0 Å². The third kappa shape index (κ3) is 2.26. The van der Waals surface area contributed by atoms with Crippen molar-refractivity contribution in [2.24, 2.45) is 11.8 Å². The second kappa shape index (κ2) is 3.66. The highest BCUT2D eigenvalue weighted by atomic mass is 32.1. The fraction of sp³-hybridized carbons (Fsp3) is 0.800. The summed E-state index contributed by atoms with van der Waals surface area (Å²) >= 11 is 4.59. The minimum Gasteiger partial charge on any atom is -0.175 e. The van der Waals surface area contributed by atoms with Crippen molar-refractivity contribution >= 4 is 12.6 Å². The molecular formula is C10H18S. The van der Waals surface area contributed by atoms with Crippen molar-refractivity contribution in [1.82, 2.24) is 0 Å². The Morgan fingerprint density at radius 3 is 2.55 bits per heavy atom. The van der Waals surface area contributed by atoms with Crippen molar-refractivity contribution in [1.29, 1.82) is 0 Å². The maximum absolute atomic E-state index is 4.59. The highest BCUT2D eigenvalue weighted by Gasteiger charge is 2.25. The molecule has 0 saturated heterocycles. The minimum absolute atomic E-state index is 0.566. The minimum atomic E-state index is 0.566. The number of hydrogen-bond donors (Lipinski definition) is 1. The number of allylic oxidation sites excluding steroid dienone is 1. The SMILES string of the molecule is C=C(C)[C@@H]1CCC(C)CC1S. The topological polar surface area (TPSA) is 0 Å². The lowest BCUT2D eigenvalue weighted by Gasteiger charge is -2.32. The van der Waals surface area contributed by atoms with Gasteiger partial charge in [0.2, 0.25) is 0 Å². The van der Waals surface area contributed by atoms with E-state index >= 15 is 0 Å². The van der Waals surface area contributed by atoms with Crippen molar-refractivity contribution in [3.05, 3.63) is 12.2 Å². The van der Waals surface area contributed by atoms with E-state index in [1.54, 1.807) is 0 Å². The Labute approximate surface area is 75.5 Å². The zero-order valence-electron chi connectivity index (χ0n) is 7.51. The molecule has 2 unspecified atom stereocenters. The van der Waals surface area contributed by atoms with Crippen LogP contribution in [-0.2, 0) is 0 Å². The van der Waals surface area contributed by atoms with Gasteiger partial charge in [-0.3, -0.25) is 0 Å². The molecule has 64 valence electrons. The highest BCUT2D eigenvalue weighted by molar-refractivity contribution is 7.81. The molecule has 0 heterocycles. The van der Waals surface area contributed by atoms with Crippen LogP contribution >= 0.6 is 12.6 Å². The molecular weight excluding hydrogens is 152 g/mol. The summed E-state index contributed by atoms with van der Waals surface area (Å²) in [5.41, 5.74) is 1.32. The highest BCUT2D eigenvalue weighted by Crippen LogP contribution is 2.35. The summed E-state index contributed by atoms with van der Waals surface area (Å²) in [6.45, 7) is 8.45. The summed E-state index contributed by atoms with van der Waals surface area (Å²) in [5.74, 6) is 1.54. The maximum atomic E-state index is 4.59. The molecule has 0 aromatic rings. The van der Waals surface area contributed by atoms with Crippen LogP contribution in [0.25, 0.3) is 0 Å². The second-order valence-electron chi connectivity index (χ2n) is 3.94. The number of thiol groups is 1. The summed E-state index contributed by atoms with van der Waals surface area (Å²) in [6, 6.07) is 0. The molecule has 0 spiro atoms. The summed E-state index contributed by atoms with van der Waals surface area (Å²) in [4.78, 5) is 0. The van der Waals surface area contributed by atoms with E-state index in [2.05, 4.69) is 33.1 Å². The van der Waals surface area contributed by atoms with Crippen LogP contribution in [0.1, 0.15) is 33.1 Å². The molecule has 0 aromatic heterocycles. The molecule has 1 aliphatic rings. The zero-order chi connectivity index (χ0) is 8.43. The van der Waals surface area contributed by atoms with Gasteiger partial charge in [0.1, 0.15) is 0 Å². The molecule has 0 aromatic carbocycles. The quantitative estimate of drug-likeness (QED) is 0.453. The van der Waals surface area contributed by atoms with E-state index in [1.165, 1.54) is 24.8 Å². The monoisotopic (exact) mass is 170 g/mol. The van der Waals surface area contributed by atoms with Crippen molar-refractivity contribution in [3.63, 3.8) is 0 Å². The molecule has 3 atom stereocenters. The lowest BCUT2D eigenvalue weighted by atomic mass is 9.79. The van der Waals surface area contributed by atoms with Gasteiger partial charge in [-0.15, -0.1) is 0 Å². The molecule has 0 aliphatic heterocycles. The van der Waals surface area contributed by atoms with Gasteiger partial charge in [-0.25, -0.2) is 0 Å². The summed E-state index contributed by atoms with van der Waals surface area (Å²) in [7, 11) is 0. The summed E-state index contributed by atoms with van der Waals surface area (Å²) in [6.07, 6.45) is 3.92. The first-order chi connectivity index (χ1) is 5.11. The van der Waals surface area contributed by atoms with Gasteiger partial charge in [0.15, 0.2) is 0 Å². The van der Waals surface area contributed by atoms with Gasteiger partial charge in [0.25, 0.3) is 0 Å². The molecule has 0 N–H and O–H groups in total. The Morgan fingerprint density at radius 1 is 1.45 bits per heavy atom. The lowest BCUT2D eigenvalue weighted by Crippen LogP contribution is -2.24. The Balaban J connectivity index is 2.50. The van der Waals surface area contributed by atoms with Crippen LogP contribution in [0.3, 0.4) is 0 Å². The van der Waals surface area contributed by atoms with Crippen LogP contribution in [0.2, 0.25) is 0 Å². The van der Waals surface area contributed by atoms with E-state index in [0.29, 0.717) is 11.2 Å². The molecule has 11 heavy (non-hydrogen) atoms. The van der Waals surface area contributed by atoms with Crippen molar-refractivity contribution in [2.75, 3.05) is 0 Å². The first-order valence-electron chi connectivity index (χ1n) is 4.44. The lowest BCUT2D eigenvalue weighted by molar-refractivity contribution is 0.332. The maximum Gasteiger partial charge on any atom is 0.00846 e. The van der Waals surface area contributed by atoms with Gasteiger partial charge >= 0.3 is 0 Å². The predicted molar refractivity (Wildman–Crippen MR) is 54.1 cm³/mol. The fourth-order valence-corrected chi connectivity index (χ4v) is 2.69. The molecule has 1 heteroatoms. The second-order valence-corrected chi connectivity index (χ2v) is 4.60. The molecule has 1 rings (SSSR count). The van der Waals surface area contributed by atoms with E-state index in [-0.39, 0.29) is 0 Å². The van der Waals surface area contributed by atoms with Gasteiger partial charge in [0, 0.05) is 5.25 Å². The van der Waals surface area contributed by atoms with Gasteiger partial charge in [-0.1, -0.05) is 25.5 Å². The third-order valence-corrected chi connectivity index (χ3v) is 3.28. The van der Waals surface area contributed by atoms with Crippen LogP contribution in [0, 0.1) is 11.8 Å². The Hall–Kier alpha value is 0.0900. The van der Waals surface area contributed by atoms with Crippen molar-refractivity contribution < 1.29 is 0 Å². The Bertz CT molecular complexity index is 151. The van der Waals surface area contributed by atoms with E-state index in [1.807, 2.05) is 0 Å². The van der Waals surface area contributed by atoms with E-state index in [0.717, 1.165) is 5.92 Å². The normalized spacial score (nSPS) is 38.6. The van der Waals surface area contributed by atoms with Crippen LogP contribution in [0.5, 0.6) is 0 Å².